The second-order valence-electron chi connectivity index (χ2n) is 5.87. The Kier molecular flexibility index (Phi) is 3.68. The van der Waals surface area contributed by atoms with E-state index < -0.39 is 0 Å². The van der Waals surface area contributed by atoms with Crippen LogP contribution >= 0.6 is 0 Å². The van der Waals surface area contributed by atoms with Crippen LogP contribution in [-0.2, 0) is 18.9 Å². The number of hydrogen-bond donors (Lipinski definition) is 0. The van der Waals surface area contributed by atoms with E-state index in [0.717, 1.165) is 37.0 Å². The molecule has 1 aromatic rings. The summed E-state index contributed by atoms with van der Waals surface area (Å²) in [5.41, 5.74) is 0.956. The molecular formula is C17H20O5. The Morgan fingerprint density at radius 3 is 2.45 bits per heavy atom. The average Bonchev–Trinajstić information content (AvgIpc) is 3.23. The standard InChI is InChI=1S/C17H20O5/c1-2-13(16-18-8-9-19-16)12-15(3-1)22-14-4-6-17(7-5-14)20-10-11-21-17/h1-3,8-9,12,14,16H,4-7,10-11H2. The van der Waals surface area contributed by atoms with Crippen LogP contribution in [0.3, 0.4) is 0 Å². The Labute approximate surface area is 129 Å². The van der Waals surface area contributed by atoms with Crippen LogP contribution in [-0.4, -0.2) is 25.1 Å². The number of rotatable bonds is 3. The second-order valence-corrected chi connectivity index (χ2v) is 5.87. The summed E-state index contributed by atoms with van der Waals surface area (Å²) >= 11 is 0. The van der Waals surface area contributed by atoms with Gasteiger partial charge in [0.1, 0.15) is 18.3 Å². The van der Waals surface area contributed by atoms with E-state index in [1.165, 1.54) is 0 Å². The fourth-order valence-electron chi connectivity index (χ4n) is 3.26. The quantitative estimate of drug-likeness (QED) is 0.857. The van der Waals surface area contributed by atoms with Gasteiger partial charge in [-0.15, -0.1) is 0 Å². The largest absolute Gasteiger partial charge is 0.490 e. The van der Waals surface area contributed by atoms with Crippen molar-refractivity contribution in [2.75, 3.05) is 13.2 Å². The van der Waals surface area contributed by atoms with Crippen LogP contribution in [0.15, 0.2) is 36.8 Å². The molecular weight excluding hydrogens is 284 g/mol. The molecule has 2 aliphatic heterocycles. The molecule has 0 aromatic heterocycles. The lowest BCUT2D eigenvalue weighted by Crippen LogP contribution is -2.38. The monoisotopic (exact) mass is 304 g/mol. The fourth-order valence-corrected chi connectivity index (χ4v) is 3.26. The summed E-state index contributed by atoms with van der Waals surface area (Å²) in [5, 5.41) is 0. The molecule has 1 aliphatic carbocycles. The first kappa shape index (κ1) is 13.9. The van der Waals surface area contributed by atoms with Crippen LogP contribution in [0.4, 0.5) is 0 Å². The van der Waals surface area contributed by atoms with E-state index >= 15 is 0 Å². The highest BCUT2D eigenvalue weighted by Crippen LogP contribution is 2.37. The molecule has 118 valence electrons. The smallest absolute Gasteiger partial charge is 0.266 e. The van der Waals surface area contributed by atoms with Gasteiger partial charge in [-0.2, -0.15) is 0 Å². The lowest BCUT2D eigenvalue weighted by molar-refractivity contribution is -0.186. The van der Waals surface area contributed by atoms with E-state index in [1.807, 2.05) is 24.3 Å². The van der Waals surface area contributed by atoms with Crippen LogP contribution in [0.1, 0.15) is 37.5 Å². The van der Waals surface area contributed by atoms with Crippen molar-refractivity contribution in [3.8, 4) is 5.75 Å². The van der Waals surface area contributed by atoms with Crippen LogP contribution in [0.25, 0.3) is 0 Å². The molecule has 0 atom stereocenters. The van der Waals surface area contributed by atoms with E-state index in [-0.39, 0.29) is 18.2 Å². The third-order valence-electron chi connectivity index (χ3n) is 4.40. The van der Waals surface area contributed by atoms with Gasteiger partial charge >= 0.3 is 0 Å². The van der Waals surface area contributed by atoms with Gasteiger partial charge < -0.3 is 23.7 Å². The first-order chi connectivity index (χ1) is 10.8. The molecule has 1 saturated carbocycles. The lowest BCUT2D eigenvalue weighted by Gasteiger charge is -2.35. The molecule has 2 fully saturated rings. The summed E-state index contributed by atoms with van der Waals surface area (Å²) < 4.78 is 28.3. The van der Waals surface area contributed by atoms with E-state index in [9.17, 15) is 0 Å². The molecule has 1 aromatic carbocycles. The van der Waals surface area contributed by atoms with Crippen molar-refractivity contribution in [3.05, 3.63) is 42.4 Å². The average molecular weight is 304 g/mol. The molecule has 22 heavy (non-hydrogen) atoms. The molecule has 2 heterocycles. The van der Waals surface area contributed by atoms with E-state index in [4.69, 9.17) is 23.7 Å². The summed E-state index contributed by atoms with van der Waals surface area (Å²) in [5.74, 6) is 0.518. The van der Waals surface area contributed by atoms with Gasteiger partial charge in [-0.3, -0.25) is 0 Å². The molecule has 0 radical (unpaired) electrons. The lowest BCUT2D eigenvalue weighted by atomic mass is 9.92. The Morgan fingerprint density at radius 1 is 1.00 bits per heavy atom. The minimum Gasteiger partial charge on any atom is -0.490 e. The minimum absolute atomic E-state index is 0.206. The summed E-state index contributed by atoms with van der Waals surface area (Å²) in [6.45, 7) is 1.42. The molecule has 4 rings (SSSR count). The highest BCUT2D eigenvalue weighted by Gasteiger charge is 2.40. The summed E-state index contributed by atoms with van der Waals surface area (Å²) in [7, 11) is 0. The van der Waals surface area contributed by atoms with Crippen LogP contribution in [0.2, 0.25) is 0 Å². The van der Waals surface area contributed by atoms with Crippen LogP contribution in [0, 0.1) is 0 Å². The summed E-state index contributed by atoms with van der Waals surface area (Å²) in [6.07, 6.45) is 6.65. The predicted molar refractivity (Wildman–Crippen MR) is 78.0 cm³/mol. The van der Waals surface area contributed by atoms with Crippen molar-refractivity contribution in [2.45, 2.75) is 43.9 Å². The normalized spacial score (nSPS) is 24.4. The Bertz CT molecular complexity index is 532. The van der Waals surface area contributed by atoms with Crippen LogP contribution < -0.4 is 4.74 Å². The van der Waals surface area contributed by atoms with E-state index in [1.54, 1.807) is 12.5 Å². The number of ether oxygens (including phenoxy) is 5. The molecule has 1 spiro atoms. The molecule has 0 amide bonds. The van der Waals surface area contributed by atoms with Gasteiger partial charge in [-0.1, -0.05) is 12.1 Å². The zero-order valence-electron chi connectivity index (χ0n) is 12.4. The number of benzene rings is 1. The highest BCUT2D eigenvalue weighted by atomic mass is 16.7. The van der Waals surface area contributed by atoms with Gasteiger partial charge in [-0.25, -0.2) is 0 Å². The molecule has 5 heteroatoms. The maximum Gasteiger partial charge on any atom is 0.266 e. The van der Waals surface area contributed by atoms with E-state index in [0.29, 0.717) is 13.2 Å². The zero-order chi connectivity index (χ0) is 14.8. The van der Waals surface area contributed by atoms with Gasteiger partial charge in [0.05, 0.1) is 19.3 Å². The molecule has 0 unspecified atom stereocenters. The first-order valence-corrected chi connectivity index (χ1v) is 7.84. The fraction of sp³-hybridized carbons (Fsp3) is 0.529. The van der Waals surface area contributed by atoms with Gasteiger partial charge in [0.25, 0.3) is 6.29 Å². The van der Waals surface area contributed by atoms with Crippen molar-refractivity contribution in [3.63, 3.8) is 0 Å². The van der Waals surface area contributed by atoms with Gasteiger partial charge in [-0.05, 0) is 25.0 Å². The van der Waals surface area contributed by atoms with Crippen molar-refractivity contribution in [1.82, 2.24) is 0 Å². The van der Waals surface area contributed by atoms with Gasteiger partial charge in [0.15, 0.2) is 5.79 Å². The third kappa shape index (κ3) is 2.78. The summed E-state index contributed by atoms with van der Waals surface area (Å²) in [6, 6.07) is 7.88. The second kappa shape index (κ2) is 5.82. The van der Waals surface area contributed by atoms with E-state index in [2.05, 4.69) is 0 Å². The number of hydrogen-bond acceptors (Lipinski definition) is 5. The SMILES string of the molecule is C1=COC(c2cccc(OC3CCC4(CC3)OCCO4)c2)O1. The van der Waals surface area contributed by atoms with Crippen molar-refractivity contribution >= 4 is 0 Å². The highest BCUT2D eigenvalue weighted by molar-refractivity contribution is 5.30. The molecule has 5 nitrogen and oxygen atoms in total. The topological polar surface area (TPSA) is 46.2 Å². The van der Waals surface area contributed by atoms with Crippen molar-refractivity contribution < 1.29 is 23.7 Å². The van der Waals surface area contributed by atoms with Crippen molar-refractivity contribution in [2.24, 2.45) is 0 Å². The molecule has 0 bridgehead atoms. The van der Waals surface area contributed by atoms with Gasteiger partial charge in [0.2, 0.25) is 0 Å². The molecule has 3 aliphatic rings. The summed E-state index contributed by atoms with van der Waals surface area (Å²) in [4.78, 5) is 0. The predicted octanol–water partition coefficient (Wildman–Crippen LogP) is 3.27. The Hall–Kier alpha value is -1.72. The molecule has 1 saturated heterocycles. The minimum atomic E-state index is -0.363. The Morgan fingerprint density at radius 2 is 1.73 bits per heavy atom. The maximum absolute atomic E-state index is 6.12. The third-order valence-corrected chi connectivity index (χ3v) is 4.40. The maximum atomic E-state index is 6.12. The van der Waals surface area contributed by atoms with Crippen LogP contribution in [0.5, 0.6) is 5.75 Å². The molecule has 0 N–H and O–H groups in total. The van der Waals surface area contributed by atoms with Crippen molar-refractivity contribution in [1.29, 1.82) is 0 Å². The Balaban J connectivity index is 1.36. The first-order valence-electron chi connectivity index (χ1n) is 7.84. The van der Waals surface area contributed by atoms with Gasteiger partial charge in [0, 0.05) is 18.4 Å². The zero-order valence-corrected chi connectivity index (χ0v) is 12.4.